The lowest BCUT2D eigenvalue weighted by Gasteiger charge is -2.46. The average Bonchev–Trinajstić information content (AvgIpc) is 3.25. The molecule has 2 aromatic rings. The summed E-state index contributed by atoms with van der Waals surface area (Å²) in [4.78, 5) is 33.2. The Labute approximate surface area is 174 Å². The molecule has 0 bridgehead atoms. The first-order valence-electron chi connectivity index (χ1n) is 10.2. The van der Waals surface area contributed by atoms with Crippen LogP contribution in [0.4, 0.5) is 4.79 Å². The third-order valence-corrected chi connectivity index (χ3v) is 5.92. The summed E-state index contributed by atoms with van der Waals surface area (Å²) in [6, 6.07) is 4.97. The number of aromatic nitrogens is 2. The molecule has 1 aliphatic carbocycles. The molecule has 160 valence electrons. The Morgan fingerprint density at radius 1 is 1.13 bits per heavy atom. The van der Waals surface area contributed by atoms with Gasteiger partial charge < -0.3 is 18.9 Å². The lowest BCUT2D eigenvalue weighted by molar-refractivity contribution is -0.140. The summed E-state index contributed by atoms with van der Waals surface area (Å²) in [5.74, 6) is 1.71. The van der Waals surface area contributed by atoms with Crippen molar-refractivity contribution >= 4 is 11.9 Å². The van der Waals surface area contributed by atoms with Gasteiger partial charge in [-0.15, -0.1) is 0 Å². The summed E-state index contributed by atoms with van der Waals surface area (Å²) in [7, 11) is 3.13. The molecule has 4 rings (SSSR count). The van der Waals surface area contributed by atoms with E-state index in [2.05, 4.69) is 10.1 Å². The molecule has 2 atom stereocenters. The maximum Gasteiger partial charge on any atom is 0.327 e. The second kappa shape index (κ2) is 8.33. The molecule has 2 aliphatic rings. The molecule has 2 unspecified atom stereocenters. The van der Waals surface area contributed by atoms with Gasteiger partial charge in [-0.2, -0.15) is 4.98 Å². The first-order chi connectivity index (χ1) is 14.6. The van der Waals surface area contributed by atoms with Crippen LogP contribution in [0, 0.1) is 5.92 Å². The van der Waals surface area contributed by atoms with Crippen LogP contribution in [0.15, 0.2) is 22.7 Å². The number of methoxy groups -OCH3 is 2. The van der Waals surface area contributed by atoms with Crippen LogP contribution in [0.3, 0.4) is 0 Å². The van der Waals surface area contributed by atoms with Gasteiger partial charge in [0.1, 0.15) is 6.54 Å². The van der Waals surface area contributed by atoms with Gasteiger partial charge in [-0.25, -0.2) is 4.79 Å². The Kier molecular flexibility index (Phi) is 5.61. The average molecular weight is 414 g/mol. The quantitative estimate of drug-likeness (QED) is 0.716. The highest BCUT2D eigenvalue weighted by Gasteiger charge is 2.46. The van der Waals surface area contributed by atoms with E-state index in [-0.39, 0.29) is 30.4 Å². The second-order valence-electron chi connectivity index (χ2n) is 7.53. The van der Waals surface area contributed by atoms with Gasteiger partial charge in [0.05, 0.1) is 20.1 Å². The summed E-state index contributed by atoms with van der Waals surface area (Å²) in [6.45, 7) is 2.36. The number of urea groups is 1. The number of ether oxygens (including phenoxy) is 2. The van der Waals surface area contributed by atoms with Crippen molar-refractivity contribution in [3.8, 4) is 22.9 Å². The standard InChI is InChI=1S/C21H26N4O5/c1-4-24-20(26)14-7-5-6-8-15(14)25(21(24)27)12-18-22-19(23-30-18)13-9-10-16(28-2)17(11-13)29-3/h9-11,14-15H,4-8,12H2,1-3H3. The Hall–Kier alpha value is -3.10. The van der Waals surface area contributed by atoms with E-state index in [4.69, 9.17) is 14.0 Å². The lowest BCUT2D eigenvalue weighted by atomic mass is 9.81. The number of fused-ring (bicyclic) bond motifs is 1. The second-order valence-corrected chi connectivity index (χ2v) is 7.53. The van der Waals surface area contributed by atoms with Gasteiger partial charge in [0.2, 0.25) is 17.6 Å². The highest BCUT2D eigenvalue weighted by Crippen LogP contribution is 2.36. The van der Waals surface area contributed by atoms with Crippen molar-refractivity contribution in [1.82, 2.24) is 19.9 Å². The van der Waals surface area contributed by atoms with Crippen molar-refractivity contribution in [1.29, 1.82) is 0 Å². The molecular weight excluding hydrogens is 388 g/mol. The number of carbonyl (C=O) groups excluding carboxylic acids is 2. The number of hydrogen-bond donors (Lipinski definition) is 0. The predicted octanol–water partition coefficient (Wildman–Crippen LogP) is 3.10. The van der Waals surface area contributed by atoms with Gasteiger partial charge in [-0.3, -0.25) is 9.69 Å². The number of nitrogens with zero attached hydrogens (tertiary/aromatic N) is 4. The molecular formula is C21H26N4O5. The first kappa shape index (κ1) is 20.2. The molecule has 1 saturated heterocycles. The fourth-order valence-corrected chi connectivity index (χ4v) is 4.40. The van der Waals surface area contributed by atoms with Crippen LogP contribution < -0.4 is 9.47 Å². The fraction of sp³-hybridized carbons (Fsp3) is 0.524. The van der Waals surface area contributed by atoms with Gasteiger partial charge in [0, 0.05) is 18.2 Å². The Bertz CT molecular complexity index is 943. The molecule has 1 aliphatic heterocycles. The Morgan fingerprint density at radius 3 is 2.63 bits per heavy atom. The van der Waals surface area contributed by atoms with Gasteiger partial charge in [-0.05, 0) is 38.0 Å². The van der Waals surface area contributed by atoms with Crippen LogP contribution >= 0.6 is 0 Å². The molecule has 1 aromatic carbocycles. The summed E-state index contributed by atoms with van der Waals surface area (Å²) >= 11 is 0. The fourth-order valence-electron chi connectivity index (χ4n) is 4.40. The van der Waals surface area contributed by atoms with Crippen LogP contribution in [0.25, 0.3) is 11.4 Å². The van der Waals surface area contributed by atoms with Crippen molar-refractivity contribution in [2.24, 2.45) is 5.92 Å². The monoisotopic (exact) mass is 414 g/mol. The van der Waals surface area contributed by atoms with E-state index in [1.807, 2.05) is 13.0 Å². The summed E-state index contributed by atoms with van der Waals surface area (Å²) in [5, 5.41) is 4.07. The van der Waals surface area contributed by atoms with Crippen LogP contribution in [0.2, 0.25) is 0 Å². The van der Waals surface area contributed by atoms with Crippen molar-refractivity contribution in [3.63, 3.8) is 0 Å². The Morgan fingerprint density at radius 2 is 1.90 bits per heavy atom. The van der Waals surface area contributed by atoms with Crippen LogP contribution in [-0.4, -0.2) is 58.7 Å². The minimum atomic E-state index is -0.281. The maximum absolute atomic E-state index is 13.0. The maximum atomic E-state index is 13.0. The molecule has 3 amide bonds. The zero-order chi connectivity index (χ0) is 21.3. The van der Waals surface area contributed by atoms with Crippen molar-refractivity contribution in [3.05, 3.63) is 24.1 Å². The molecule has 9 nitrogen and oxygen atoms in total. The molecule has 0 spiro atoms. The van der Waals surface area contributed by atoms with Crippen molar-refractivity contribution in [2.75, 3.05) is 20.8 Å². The van der Waals surface area contributed by atoms with Crippen LogP contribution in [0.5, 0.6) is 11.5 Å². The summed E-state index contributed by atoms with van der Waals surface area (Å²) in [6.07, 6.45) is 3.64. The molecule has 1 aromatic heterocycles. The van der Waals surface area contributed by atoms with E-state index < -0.39 is 0 Å². The van der Waals surface area contributed by atoms with E-state index in [1.54, 1.807) is 31.3 Å². The Balaban J connectivity index is 1.58. The molecule has 1 saturated carbocycles. The third-order valence-electron chi connectivity index (χ3n) is 5.92. The highest BCUT2D eigenvalue weighted by molar-refractivity contribution is 5.98. The normalized spacial score (nSPS) is 21.6. The van der Waals surface area contributed by atoms with Crippen LogP contribution in [-0.2, 0) is 11.3 Å². The largest absolute Gasteiger partial charge is 0.493 e. The highest BCUT2D eigenvalue weighted by atomic mass is 16.5. The number of imide groups is 1. The van der Waals surface area contributed by atoms with E-state index in [0.29, 0.717) is 35.3 Å². The van der Waals surface area contributed by atoms with E-state index in [9.17, 15) is 9.59 Å². The summed E-state index contributed by atoms with van der Waals surface area (Å²) < 4.78 is 16.0. The molecule has 30 heavy (non-hydrogen) atoms. The molecule has 2 heterocycles. The molecule has 0 N–H and O–H groups in total. The summed E-state index contributed by atoms with van der Waals surface area (Å²) in [5.41, 5.74) is 0.716. The van der Waals surface area contributed by atoms with Gasteiger partial charge in [0.15, 0.2) is 11.5 Å². The zero-order valence-corrected chi connectivity index (χ0v) is 17.5. The van der Waals surface area contributed by atoms with Gasteiger partial charge in [0.25, 0.3) is 0 Å². The SMILES string of the molecule is CCN1C(=O)C2CCCCC2N(Cc2nc(-c3ccc(OC)c(OC)c3)no2)C1=O. The molecule has 9 heteroatoms. The third kappa shape index (κ3) is 3.48. The number of carbonyl (C=O) groups is 2. The number of hydrogen-bond acceptors (Lipinski definition) is 7. The van der Waals surface area contributed by atoms with E-state index in [1.165, 1.54) is 4.90 Å². The smallest absolute Gasteiger partial charge is 0.327 e. The topological polar surface area (TPSA) is 98.0 Å². The predicted molar refractivity (Wildman–Crippen MR) is 107 cm³/mol. The van der Waals surface area contributed by atoms with Crippen molar-refractivity contribution in [2.45, 2.75) is 45.2 Å². The first-order valence-corrected chi connectivity index (χ1v) is 10.2. The number of benzene rings is 1. The minimum Gasteiger partial charge on any atom is -0.493 e. The number of rotatable bonds is 6. The van der Waals surface area contributed by atoms with Crippen molar-refractivity contribution < 1.29 is 23.6 Å². The van der Waals surface area contributed by atoms with Gasteiger partial charge >= 0.3 is 6.03 Å². The number of amides is 3. The molecule has 0 radical (unpaired) electrons. The van der Waals surface area contributed by atoms with Gasteiger partial charge in [-0.1, -0.05) is 18.0 Å². The lowest BCUT2D eigenvalue weighted by Crippen LogP contribution is -2.61. The van der Waals surface area contributed by atoms with Crippen LogP contribution in [0.1, 0.15) is 38.5 Å². The zero-order valence-electron chi connectivity index (χ0n) is 17.5. The molecule has 2 fully saturated rings. The van der Waals surface area contributed by atoms with E-state index in [0.717, 1.165) is 25.7 Å². The van der Waals surface area contributed by atoms with E-state index >= 15 is 0 Å². The minimum absolute atomic E-state index is 0.0556.